The smallest absolute Gasteiger partial charge is 0.222 e. The molecule has 0 bridgehead atoms. The first-order chi connectivity index (χ1) is 12.0. The quantitative estimate of drug-likeness (QED) is 0.817. The van der Waals surface area contributed by atoms with Gasteiger partial charge in [-0.3, -0.25) is 9.69 Å². The van der Waals surface area contributed by atoms with Gasteiger partial charge in [-0.2, -0.15) is 0 Å². The summed E-state index contributed by atoms with van der Waals surface area (Å²) in [6, 6.07) is 3.11. The van der Waals surface area contributed by atoms with Crippen molar-refractivity contribution in [3.8, 4) is 0 Å². The third-order valence-corrected chi connectivity index (χ3v) is 5.30. The number of aromatic nitrogens is 2. The molecule has 2 fully saturated rings. The fourth-order valence-electron chi connectivity index (χ4n) is 3.97. The predicted molar refractivity (Wildman–Crippen MR) is 96.3 cm³/mol. The molecule has 1 amide bonds. The number of rotatable bonds is 5. The standard InChI is InChI=1S/C19H30N4O2/c1-14-20-15(6-7-19(24)22(2)3)13-17(21-14)18-5-4-10-23(18)16-8-11-25-12-9-16/h13,16,18H,4-12H2,1-3H3. The van der Waals surface area contributed by atoms with E-state index in [1.54, 1.807) is 19.0 Å². The van der Waals surface area contributed by atoms with Gasteiger partial charge in [-0.15, -0.1) is 0 Å². The van der Waals surface area contributed by atoms with Gasteiger partial charge in [0.1, 0.15) is 5.82 Å². The van der Waals surface area contributed by atoms with Crippen molar-refractivity contribution in [1.82, 2.24) is 19.8 Å². The maximum absolute atomic E-state index is 11.9. The summed E-state index contributed by atoms with van der Waals surface area (Å²) >= 11 is 0. The fourth-order valence-corrected chi connectivity index (χ4v) is 3.97. The van der Waals surface area contributed by atoms with Crippen molar-refractivity contribution in [2.75, 3.05) is 33.9 Å². The van der Waals surface area contributed by atoms with Crippen LogP contribution in [0.1, 0.15) is 55.4 Å². The summed E-state index contributed by atoms with van der Waals surface area (Å²) in [7, 11) is 3.59. The summed E-state index contributed by atoms with van der Waals surface area (Å²) in [6.07, 6.45) is 5.79. The fraction of sp³-hybridized carbons (Fsp3) is 0.737. The number of hydrogen-bond donors (Lipinski definition) is 0. The second-order valence-electron chi connectivity index (χ2n) is 7.36. The Balaban J connectivity index is 1.73. The van der Waals surface area contributed by atoms with Crippen molar-refractivity contribution in [2.45, 2.75) is 57.5 Å². The van der Waals surface area contributed by atoms with Crippen LogP contribution in [0.5, 0.6) is 0 Å². The first-order valence-electron chi connectivity index (χ1n) is 9.42. The Hall–Kier alpha value is -1.53. The van der Waals surface area contributed by atoms with Gasteiger partial charge in [-0.05, 0) is 51.6 Å². The van der Waals surface area contributed by atoms with Gasteiger partial charge in [0, 0.05) is 45.5 Å². The van der Waals surface area contributed by atoms with Crippen molar-refractivity contribution in [3.05, 3.63) is 23.3 Å². The molecule has 0 spiro atoms. The van der Waals surface area contributed by atoms with Crippen molar-refractivity contribution < 1.29 is 9.53 Å². The van der Waals surface area contributed by atoms with Crippen LogP contribution in [0, 0.1) is 6.92 Å². The molecule has 1 unspecified atom stereocenters. The molecule has 3 heterocycles. The van der Waals surface area contributed by atoms with Crippen LogP contribution >= 0.6 is 0 Å². The summed E-state index contributed by atoms with van der Waals surface area (Å²) in [6.45, 7) is 4.84. The number of carbonyl (C=O) groups excluding carboxylic acids is 1. The van der Waals surface area contributed by atoms with Crippen LogP contribution in [-0.4, -0.2) is 65.6 Å². The second-order valence-corrected chi connectivity index (χ2v) is 7.36. The topological polar surface area (TPSA) is 58.6 Å². The highest BCUT2D eigenvalue weighted by Crippen LogP contribution is 2.35. The molecule has 1 aromatic rings. The highest BCUT2D eigenvalue weighted by Gasteiger charge is 2.33. The van der Waals surface area contributed by atoms with Crippen molar-refractivity contribution in [1.29, 1.82) is 0 Å². The molecule has 2 aliphatic heterocycles. The molecule has 0 N–H and O–H groups in total. The van der Waals surface area contributed by atoms with Gasteiger partial charge in [-0.1, -0.05) is 0 Å². The highest BCUT2D eigenvalue weighted by atomic mass is 16.5. The highest BCUT2D eigenvalue weighted by molar-refractivity contribution is 5.75. The van der Waals surface area contributed by atoms with Gasteiger partial charge in [0.05, 0.1) is 11.7 Å². The van der Waals surface area contributed by atoms with Gasteiger partial charge in [0.15, 0.2) is 0 Å². The van der Waals surface area contributed by atoms with Crippen LogP contribution in [-0.2, 0) is 16.0 Å². The average molecular weight is 346 g/mol. The minimum absolute atomic E-state index is 0.141. The molecule has 1 atom stereocenters. The summed E-state index contributed by atoms with van der Waals surface area (Å²) in [5, 5.41) is 0. The molecule has 0 aliphatic carbocycles. The van der Waals surface area contributed by atoms with Crippen molar-refractivity contribution >= 4 is 5.91 Å². The largest absolute Gasteiger partial charge is 0.381 e. The van der Waals surface area contributed by atoms with Crippen LogP contribution < -0.4 is 0 Å². The van der Waals surface area contributed by atoms with Gasteiger partial charge < -0.3 is 9.64 Å². The van der Waals surface area contributed by atoms with Gasteiger partial charge in [-0.25, -0.2) is 9.97 Å². The Labute approximate surface area is 150 Å². The van der Waals surface area contributed by atoms with E-state index in [0.29, 0.717) is 24.9 Å². The van der Waals surface area contributed by atoms with Crippen LogP contribution in [0.25, 0.3) is 0 Å². The zero-order chi connectivity index (χ0) is 17.8. The zero-order valence-corrected chi connectivity index (χ0v) is 15.7. The first kappa shape index (κ1) is 18.3. The molecule has 2 saturated heterocycles. The van der Waals surface area contributed by atoms with E-state index in [1.807, 2.05) is 6.92 Å². The van der Waals surface area contributed by atoms with Crippen LogP contribution in [0.3, 0.4) is 0 Å². The Bertz CT molecular complexity index is 599. The molecule has 6 heteroatoms. The van der Waals surface area contributed by atoms with E-state index in [9.17, 15) is 4.79 Å². The summed E-state index contributed by atoms with van der Waals surface area (Å²) in [5.41, 5.74) is 2.11. The number of hydrogen-bond acceptors (Lipinski definition) is 5. The number of ether oxygens (including phenoxy) is 1. The molecule has 25 heavy (non-hydrogen) atoms. The number of nitrogens with zero attached hydrogens (tertiary/aromatic N) is 4. The summed E-state index contributed by atoms with van der Waals surface area (Å²) in [5.74, 6) is 0.950. The number of aryl methyl sites for hydroxylation is 2. The maximum atomic E-state index is 11.9. The van der Waals surface area contributed by atoms with E-state index in [4.69, 9.17) is 9.72 Å². The molecule has 2 aliphatic rings. The van der Waals surface area contributed by atoms with E-state index in [2.05, 4.69) is 16.0 Å². The second kappa shape index (κ2) is 8.23. The minimum Gasteiger partial charge on any atom is -0.381 e. The number of likely N-dealkylation sites (tertiary alicyclic amines) is 1. The lowest BCUT2D eigenvalue weighted by Crippen LogP contribution is -2.39. The maximum Gasteiger partial charge on any atom is 0.222 e. The normalized spacial score (nSPS) is 22.3. The Morgan fingerprint density at radius 1 is 1.28 bits per heavy atom. The summed E-state index contributed by atoms with van der Waals surface area (Å²) < 4.78 is 5.52. The SMILES string of the molecule is Cc1nc(CCC(=O)N(C)C)cc(C2CCCN2C2CCOCC2)n1. The Morgan fingerprint density at radius 3 is 2.76 bits per heavy atom. The first-order valence-corrected chi connectivity index (χ1v) is 9.42. The monoisotopic (exact) mass is 346 g/mol. The van der Waals surface area contributed by atoms with Crippen molar-refractivity contribution in [2.24, 2.45) is 0 Å². The molecule has 0 radical (unpaired) electrons. The molecule has 0 aromatic carbocycles. The van der Waals surface area contributed by atoms with E-state index >= 15 is 0 Å². The molecular weight excluding hydrogens is 316 g/mol. The lowest BCUT2D eigenvalue weighted by atomic mass is 10.0. The van der Waals surface area contributed by atoms with E-state index in [-0.39, 0.29) is 5.91 Å². The molecule has 1 aromatic heterocycles. The average Bonchev–Trinajstić information content (AvgIpc) is 3.09. The molecule has 0 saturated carbocycles. The van der Waals surface area contributed by atoms with Gasteiger partial charge in [0.25, 0.3) is 0 Å². The Kier molecular flexibility index (Phi) is 6.02. The third kappa shape index (κ3) is 4.55. The minimum atomic E-state index is 0.141. The lowest BCUT2D eigenvalue weighted by Gasteiger charge is -2.35. The van der Waals surface area contributed by atoms with E-state index in [1.165, 1.54) is 6.42 Å². The number of amides is 1. The van der Waals surface area contributed by atoms with Crippen LogP contribution in [0.15, 0.2) is 6.07 Å². The molecule has 138 valence electrons. The van der Waals surface area contributed by atoms with Crippen LogP contribution in [0.4, 0.5) is 0 Å². The zero-order valence-electron chi connectivity index (χ0n) is 15.7. The summed E-state index contributed by atoms with van der Waals surface area (Å²) in [4.78, 5) is 25.4. The molecular formula is C19H30N4O2. The van der Waals surface area contributed by atoms with Gasteiger partial charge in [0.2, 0.25) is 5.91 Å². The van der Waals surface area contributed by atoms with E-state index in [0.717, 1.165) is 56.2 Å². The molecule has 6 nitrogen and oxygen atoms in total. The predicted octanol–water partition coefficient (Wildman–Crippen LogP) is 2.12. The molecule has 3 rings (SSSR count). The Morgan fingerprint density at radius 2 is 2.04 bits per heavy atom. The van der Waals surface area contributed by atoms with E-state index < -0.39 is 0 Å². The lowest BCUT2D eigenvalue weighted by molar-refractivity contribution is -0.128. The third-order valence-electron chi connectivity index (χ3n) is 5.30. The number of carbonyl (C=O) groups is 1. The van der Waals surface area contributed by atoms with Crippen molar-refractivity contribution in [3.63, 3.8) is 0 Å². The van der Waals surface area contributed by atoms with Crippen LogP contribution in [0.2, 0.25) is 0 Å². The van der Waals surface area contributed by atoms with Gasteiger partial charge >= 0.3 is 0 Å².